The molecule has 0 spiro atoms. The first-order valence-corrected chi connectivity index (χ1v) is 5.76. The van der Waals surface area contributed by atoms with Crippen molar-refractivity contribution in [1.82, 2.24) is 0 Å². The number of benzene rings is 1. The van der Waals surface area contributed by atoms with Crippen LogP contribution in [-0.4, -0.2) is 16.8 Å². The van der Waals surface area contributed by atoms with Crippen LogP contribution in [0.1, 0.15) is 28.6 Å². The largest absolute Gasteiger partial charge is 0.459 e. The van der Waals surface area contributed by atoms with Crippen molar-refractivity contribution in [3.05, 3.63) is 53.5 Å². The molecule has 19 heavy (non-hydrogen) atoms. The quantitative estimate of drug-likeness (QED) is 0.504. The van der Waals surface area contributed by atoms with Gasteiger partial charge in [0.25, 0.3) is 5.91 Å². The van der Waals surface area contributed by atoms with E-state index in [1.807, 2.05) is 0 Å². The molecule has 0 atom stereocenters. The van der Waals surface area contributed by atoms with Gasteiger partial charge in [-0.15, -0.1) is 0 Å². The molecule has 0 aliphatic rings. The third-order valence-corrected chi connectivity index (χ3v) is 2.76. The number of hydrogen-bond acceptors (Lipinski definition) is 4. The molecule has 0 bridgehead atoms. The zero-order valence-electron chi connectivity index (χ0n) is 10.7. The van der Waals surface area contributed by atoms with E-state index in [1.54, 1.807) is 44.2 Å². The van der Waals surface area contributed by atoms with Gasteiger partial charge in [0.05, 0.1) is 12.0 Å². The van der Waals surface area contributed by atoms with Gasteiger partial charge < -0.3 is 14.9 Å². The molecule has 2 rings (SSSR count). The van der Waals surface area contributed by atoms with Crippen molar-refractivity contribution in [3.63, 3.8) is 0 Å². The summed E-state index contributed by atoms with van der Waals surface area (Å²) in [6.07, 6.45) is 1.48. The predicted molar refractivity (Wildman–Crippen MR) is 71.8 cm³/mol. The highest BCUT2D eigenvalue weighted by Gasteiger charge is 2.12. The van der Waals surface area contributed by atoms with Crippen LogP contribution in [0.4, 0.5) is 5.69 Å². The molecule has 0 saturated carbocycles. The summed E-state index contributed by atoms with van der Waals surface area (Å²) in [6.45, 7) is 3.48. The van der Waals surface area contributed by atoms with E-state index < -0.39 is 0 Å². The fourth-order valence-corrected chi connectivity index (χ4v) is 1.67. The van der Waals surface area contributed by atoms with Crippen LogP contribution < -0.4 is 5.32 Å². The average Bonchev–Trinajstić information content (AvgIpc) is 2.84. The van der Waals surface area contributed by atoms with E-state index in [9.17, 15) is 4.79 Å². The molecular formula is C14H14N2O3. The van der Waals surface area contributed by atoms with E-state index in [2.05, 4.69) is 10.5 Å². The first-order valence-electron chi connectivity index (χ1n) is 5.76. The SMILES string of the molecule is C/C(=N\O)c1cccc(NC(=O)c2occc2C)c1. The second-order valence-electron chi connectivity index (χ2n) is 4.15. The molecule has 0 saturated heterocycles. The van der Waals surface area contributed by atoms with Crippen molar-refractivity contribution in [2.75, 3.05) is 5.32 Å². The number of nitrogens with one attached hydrogen (secondary N) is 1. The summed E-state index contributed by atoms with van der Waals surface area (Å²) in [5.74, 6) is -0.0174. The normalized spacial score (nSPS) is 11.4. The molecule has 1 aromatic carbocycles. The minimum atomic E-state index is -0.307. The average molecular weight is 258 g/mol. The van der Waals surface area contributed by atoms with Gasteiger partial charge in [-0.2, -0.15) is 0 Å². The van der Waals surface area contributed by atoms with Gasteiger partial charge >= 0.3 is 0 Å². The Hall–Kier alpha value is -2.56. The Morgan fingerprint density at radius 3 is 2.79 bits per heavy atom. The zero-order valence-corrected chi connectivity index (χ0v) is 10.7. The van der Waals surface area contributed by atoms with Crippen molar-refractivity contribution in [2.45, 2.75) is 13.8 Å². The summed E-state index contributed by atoms with van der Waals surface area (Å²) in [5.41, 5.74) is 2.60. The molecule has 1 amide bonds. The van der Waals surface area contributed by atoms with Gasteiger partial charge in [0.15, 0.2) is 5.76 Å². The van der Waals surface area contributed by atoms with Crippen LogP contribution >= 0.6 is 0 Å². The number of furan rings is 1. The van der Waals surface area contributed by atoms with Gasteiger partial charge in [-0.1, -0.05) is 17.3 Å². The summed E-state index contributed by atoms with van der Waals surface area (Å²) in [5, 5.41) is 14.6. The van der Waals surface area contributed by atoms with E-state index >= 15 is 0 Å². The Morgan fingerprint density at radius 1 is 1.37 bits per heavy atom. The summed E-state index contributed by atoms with van der Waals surface area (Å²) in [6, 6.07) is 8.78. The lowest BCUT2D eigenvalue weighted by Crippen LogP contribution is -2.12. The van der Waals surface area contributed by atoms with E-state index in [0.29, 0.717) is 11.4 Å². The van der Waals surface area contributed by atoms with Crippen LogP contribution in [0, 0.1) is 6.92 Å². The monoisotopic (exact) mass is 258 g/mol. The summed E-state index contributed by atoms with van der Waals surface area (Å²) >= 11 is 0. The Morgan fingerprint density at radius 2 is 2.16 bits per heavy atom. The number of amides is 1. The number of rotatable bonds is 3. The van der Waals surface area contributed by atoms with Crippen LogP contribution in [-0.2, 0) is 0 Å². The highest BCUT2D eigenvalue weighted by atomic mass is 16.4. The van der Waals surface area contributed by atoms with Crippen LogP contribution in [0.2, 0.25) is 0 Å². The standard InChI is InChI=1S/C14H14N2O3/c1-9-6-7-19-13(9)14(17)15-12-5-3-4-11(8-12)10(2)16-18/h3-8,18H,1-2H3,(H,15,17)/b16-10+. The van der Waals surface area contributed by atoms with E-state index in [0.717, 1.165) is 11.1 Å². The lowest BCUT2D eigenvalue weighted by molar-refractivity contribution is 0.0996. The molecule has 0 fully saturated rings. The number of hydrogen-bond donors (Lipinski definition) is 2. The third-order valence-electron chi connectivity index (χ3n) is 2.76. The minimum absolute atomic E-state index is 0.290. The van der Waals surface area contributed by atoms with Crippen molar-refractivity contribution in [3.8, 4) is 0 Å². The molecule has 2 N–H and O–H groups in total. The molecule has 0 unspecified atom stereocenters. The van der Waals surface area contributed by atoms with Crippen molar-refractivity contribution in [2.24, 2.45) is 5.16 Å². The molecule has 98 valence electrons. The molecule has 1 heterocycles. The number of carbonyl (C=O) groups excluding carboxylic acids is 1. The summed E-state index contributed by atoms with van der Waals surface area (Å²) in [7, 11) is 0. The summed E-state index contributed by atoms with van der Waals surface area (Å²) < 4.78 is 5.12. The maximum Gasteiger partial charge on any atom is 0.291 e. The Labute approximate surface area is 110 Å². The van der Waals surface area contributed by atoms with E-state index in [1.165, 1.54) is 6.26 Å². The number of nitrogens with zero attached hydrogens (tertiary/aromatic N) is 1. The van der Waals surface area contributed by atoms with Crippen molar-refractivity contribution >= 4 is 17.3 Å². The molecule has 1 aromatic heterocycles. The first-order chi connectivity index (χ1) is 9.11. The van der Waals surface area contributed by atoms with Crippen LogP contribution in [0.5, 0.6) is 0 Å². The lowest BCUT2D eigenvalue weighted by atomic mass is 10.1. The topological polar surface area (TPSA) is 74.8 Å². The predicted octanol–water partition coefficient (Wildman–Crippen LogP) is 3.04. The molecule has 5 heteroatoms. The second kappa shape index (κ2) is 5.39. The van der Waals surface area contributed by atoms with Gasteiger partial charge in [0.2, 0.25) is 0 Å². The Kier molecular flexibility index (Phi) is 3.66. The maximum absolute atomic E-state index is 12.0. The van der Waals surface area contributed by atoms with Gasteiger partial charge in [0, 0.05) is 16.8 Å². The maximum atomic E-state index is 12.0. The third kappa shape index (κ3) is 2.82. The Bertz CT molecular complexity index is 629. The number of aryl methyl sites for hydroxylation is 1. The fraction of sp³-hybridized carbons (Fsp3) is 0.143. The van der Waals surface area contributed by atoms with Gasteiger partial charge in [-0.05, 0) is 32.0 Å². The molecular weight excluding hydrogens is 244 g/mol. The van der Waals surface area contributed by atoms with Crippen molar-refractivity contribution < 1.29 is 14.4 Å². The minimum Gasteiger partial charge on any atom is -0.459 e. The zero-order chi connectivity index (χ0) is 13.8. The molecule has 5 nitrogen and oxygen atoms in total. The van der Waals surface area contributed by atoms with Crippen LogP contribution in [0.3, 0.4) is 0 Å². The first kappa shape index (κ1) is 12.9. The van der Waals surface area contributed by atoms with Gasteiger partial charge in [-0.3, -0.25) is 4.79 Å². The molecule has 0 radical (unpaired) electrons. The van der Waals surface area contributed by atoms with E-state index in [4.69, 9.17) is 9.62 Å². The molecule has 2 aromatic rings. The number of carbonyl (C=O) groups is 1. The smallest absolute Gasteiger partial charge is 0.291 e. The molecule has 0 aliphatic carbocycles. The lowest BCUT2D eigenvalue weighted by Gasteiger charge is -2.06. The second-order valence-corrected chi connectivity index (χ2v) is 4.15. The highest BCUT2D eigenvalue weighted by molar-refractivity contribution is 6.04. The molecule has 0 aliphatic heterocycles. The number of anilines is 1. The Balaban J connectivity index is 2.20. The fourth-order valence-electron chi connectivity index (χ4n) is 1.67. The van der Waals surface area contributed by atoms with Crippen LogP contribution in [0.25, 0.3) is 0 Å². The van der Waals surface area contributed by atoms with Crippen LogP contribution in [0.15, 0.2) is 46.2 Å². The van der Waals surface area contributed by atoms with Gasteiger partial charge in [0.1, 0.15) is 0 Å². The van der Waals surface area contributed by atoms with E-state index in [-0.39, 0.29) is 11.7 Å². The van der Waals surface area contributed by atoms with Crippen molar-refractivity contribution in [1.29, 1.82) is 0 Å². The number of oxime groups is 1. The summed E-state index contributed by atoms with van der Waals surface area (Å²) in [4.78, 5) is 12.0. The van der Waals surface area contributed by atoms with Gasteiger partial charge in [-0.25, -0.2) is 0 Å². The highest BCUT2D eigenvalue weighted by Crippen LogP contribution is 2.15.